The molecule has 34 heavy (non-hydrogen) atoms. The number of nitrogens with zero attached hydrogens (tertiary/aromatic N) is 3. The Kier molecular flexibility index (Phi) is 7.38. The van der Waals surface area contributed by atoms with Gasteiger partial charge in [-0.15, -0.1) is 0 Å². The molecule has 182 valence electrons. The normalized spacial score (nSPS) is 19.2. The maximum absolute atomic E-state index is 13.6. The standard InChI is InChI=1S/C26H33N3O4S/c1-20(2)16-25(30)29-18-23-11-7-6-10-22(23)17-24(29)26(31)27-12-14-28(15-13-27)34(32,33)19-21-8-4-3-5-9-21/h3-11,20,24H,12-19H2,1-2H3. The van der Waals surface area contributed by atoms with Gasteiger partial charge in [0.1, 0.15) is 6.04 Å². The molecule has 0 N–H and O–H groups in total. The fraction of sp³-hybridized carbons (Fsp3) is 0.462. The van der Waals surface area contributed by atoms with Crippen molar-refractivity contribution in [3.63, 3.8) is 0 Å². The van der Waals surface area contributed by atoms with E-state index in [4.69, 9.17) is 0 Å². The second-order valence-corrected chi connectivity index (χ2v) is 11.5. The van der Waals surface area contributed by atoms with Crippen molar-refractivity contribution in [2.45, 2.75) is 45.0 Å². The average molecular weight is 484 g/mol. The third-order valence-electron chi connectivity index (χ3n) is 6.57. The van der Waals surface area contributed by atoms with Gasteiger partial charge in [-0.25, -0.2) is 8.42 Å². The molecule has 1 unspecified atom stereocenters. The molecule has 0 radical (unpaired) electrons. The molecule has 1 fully saturated rings. The van der Waals surface area contributed by atoms with Gasteiger partial charge in [0.25, 0.3) is 0 Å². The molecule has 1 atom stereocenters. The molecule has 0 bridgehead atoms. The van der Waals surface area contributed by atoms with E-state index in [0.717, 1.165) is 16.7 Å². The zero-order valence-electron chi connectivity index (χ0n) is 19.9. The summed E-state index contributed by atoms with van der Waals surface area (Å²) in [5.74, 6) is 0.0658. The van der Waals surface area contributed by atoms with E-state index < -0.39 is 16.1 Å². The molecule has 2 heterocycles. The van der Waals surface area contributed by atoms with Crippen molar-refractivity contribution in [1.82, 2.24) is 14.1 Å². The van der Waals surface area contributed by atoms with Gasteiger partial charge in [-0.1, -0.05) is 68.4 Å². The average Bonchev–Trinajstić information content (AvgIpc) is 2.83. The first-order chi connectivity index (χ1) is 16.2. The summed E-state index contributed by atoms with van der Waals surface area (Å²) < 4.78 is 27.2. The smallest absolute Gasteiger partial charge is 0.245 e. The number of sulfonamides is 1. The van der Waals surface area contributed by atoms with Crippen LogP contribution in [0, 0.1) is 5.92 Å². The Labute approximate surface area is 202 Å². The minimum Gasteiger partial charge on any atom is -0.338 e. The van der Waals surface area contributed by atoms with Crippen LogP contribution >= 0.6 is 0 Å². The summed E-state index contributed by atoms with van der Waals surface area (Å²) in [5.41, 5.74) is 2.93. The number of fused-ring (bicyclic) bond motifs is 1. The molecule has 2 aliphatic heterocycles. The Hall–Kier alpha value is -2.71. The van der Waals surface area contributed by atoms with E-state index in [1.807, 2.05) is 56.3 Å². The maximum Gasteiger partial charge on any atom is 0.245 e. The van der Waals surface area contributed by atoms with Crippen molar-refractivity contribution in [3.05, 3.63) is 71.3 Å². The lowest BCUT2D eigenvalue weighted by atomic mass is 9.92. The van der Waals surface area contributed by atoms with Crippen LogP contribution in [0.2, 0.25) is 0 Å². The van der Waals surface area contributed by atoms with Gasteiger partial charge in [-0.3, -0.25) is 9.59 Å². The third kappa shape index (κ3) is 5.50. The predicted octanol–water partition coefficient (Wildman–Crippen LogP) is 2.66. The van der Waals surface area contributed by atoms with E-state index in [9.17, 15) is 18.0 Å². The second-order valence-electron chi connectivity index (χ2n) is 9.57. The van der Waals surface area contributed by atoms with Crippen molar-refractivity contribution in [1.29, 1.82) is 0 Å². The summed E-state index contributed by atoms with van der Waals surface area (Å²) in [6.07, 6.45) is 0.892. The summed E-state index contributed by atoms with van der Waals surface area (Å²) in [4.78, 5) is 30.1. The van der Waals surface area contributed by atoms with Gasteiger partial charge in [0, 0.05) is 45.6 Å². The summed E-state index contributed by atoms with van der Waals surface area (Å²) in [5, 5.41) is 0. The summed E-state index contributed by atoms with van der Waals surface area (Å²) in [6.45, 7) is 5.63. The number of carbonyl (C=O) groups is 2. The third-order valence-corrected chi connectivity index (χ3v) is 8.42. The van der Waals surface area contributed by atoms with Gasteiger partial charge < -0.3 is 9.80 Å². The van der Waals surface area contributed by atoms with Crippen LogP contribution in [0.3, 0.4) is 0 Å². The first-order valence-corrected chi connectivity index (χ1v) is 13.5. The van der Waals surface area contributed by atoms with E-state index in [1.54, 1.807) is 21.9 Å². The van der Waals surface area contributed by atoms with Crippen molar-refractivity contribution >= 4 is 21.8 Å². The van der Waals surface area contributed by atoms with Crippen LogP contribution in [0.1, 0.15) is 37.0 Å². The molecular weight excluding hydrogens is 450 g/mol. The molecular formula is C26H33N3O4S. The van der Waals surface area contributed by atoms with Crippen molar-refractivity contribution in [3.8, 4) is 0 Å². The fourth-order valence-corrected chi connectivity index (χ4v) is 6.26. The predicted molar refractivity (Wildman–Crippen MR) is 131 cm³/mol. The Morgan fingerprint density at radius 1 is 0.912 bits per heavy atom. The molecule has 0 spiro atoms. The molecule has 2 aromatic carbocycles. The number of carbonyl (C=O) groups excluding carboxylic acids is 2. The van der Waals surface area contributed by atoms with Gasteiger partial charge in [0.05, 0.1) is 5.75 Å². The quantitative estimate of drug-likeness (QED) is 0.633. The van der Waals surface area contributed by atoms with Crippen LogP contribution in [0.5, 0.6) is 0 Å². The zero-order chi connectivity index (χ0) is 24.3. The lowest BCUT2D eigenvalue weighted by molar-refractivity contribution is -0.148. The van der Waals surface area contributed by atoms with Gasteiger partial charge in [0.2, 0.25) is 21.8 Å². The lowest BCUT2D eigenvalue weighted by Crippen LogP contribution is -2.58. The summed E-state index contributed by atoms with van der Waals surface area (Å²) in [6, 6.07) is 16.5. The van der Waals surface area contributed by atoms with E-state index in [0.29, 0.717) is 32.5 Å². The Balaban J connectivity index is 1.45. The number of rotatable bonds is 6. The van der Waals surface area contributed by atoms with Crippen LogP contribution in [0.15, 0.2) is 54.6 Å². The van der Waals surface area contributed by atoms with Crippen LogP contribution in [-0.2, 0) is 38.3 Å². The molecule has 0 aliphatic carbocycles. The van der Waals surface area contributed by atoms with E-state index in [1.165, 1.54) is 4.31 Å². The number of benzene rings is 2. The molecule has 0 aromatic heterocycles. The van der Waals surface area contributed by atoms with Gasteiger partial charge >= 0.3 is 0 Å². The van der Waals surface area contributed by atoms with Gasteiger partial charge in [-0.05, 0) is 22.6 Å². The number of piperazine rings is 1. The lowest BCUT2D eigenvalue weighted by Gasteiger charge is -2.41. The van der Waals surface area contributed by atoms with Crippen molar-refractivity contribution in [2.24, 2.45) is 5.92 Å². The molecule has 2 aliphatic rings. The Morgan fingerprint density at radius 2 is 1.53 bits per heavy atom. The summed E-state index contributed by atoms with van der Waals surface area (Å²) in [7, 11) is -3.46. The molecule has 8 heteroatoms. The monoisotopic (exact) mass is 483 g/mol. The van der Waals surface area contributed by atoms with E-state index in [2.05, 4.69) is 0 Å². The van der Waals surface area contributed by atoms with Crippen LogP contribution in [-0.4, -0.2) is 66.6 Å². The maximum atomic E-state index is 13.6. The first-order valence-electron chi connectivity index (χ1n) is 11.9. The molecule has 2 amide bonds. The Bertz CT molecular complexity index is 1130. The number of hydrogen-bond acceptors (Lipinski definition) is 4. The number of amides is 2. The van der Waals surface area contributed by atoms with E-state index >= 15 is 0 Å². The highest BCUT2D eigenvalue weighted by molar-refractivity contribution is 7.88. The molecule has 1 saturated heterocycles. The van der Waals surface area contributed by atoms with Crippen LogP contribution < -0.4 is 0 Å². The van der Waals surface area contributed by atoms with Crippen molar-refractivity contribution in [2.75, 3.05) is 26.2 Å². The highest BCUT2D eigenvalue weighted by Gasteiger charge is 2.38. The topological polar surface area (TPSA) is 78.0 Å². The van der Waals surface area contributed by atoms with Crippen molar-refractivity contribution < 1.29 is 18.0 Å². The highest BCUT2D eigenvalue weighted by atomic mass is 32.2. The second kappa shape index (κ2) is 10.3. The fourth-order valence-electron chi connectivity index (χ4n) is 4.75. The zero-order valence-corrected chi connectivity index (χ0v) is 20.7. The minimum absolute atomic E-state index is 0.00747. The largest absolute Gasteiger partial charge is 0.338 e. The molecule has 0 saturated carbocycles. The molecule has 4 rings (SSSR count). The van der Waals surface area contributed by atoms with Gasteiger partial charge in [-0.2, -0.15) is 4.31 Å². The van der Waals surface area contributed by atoms with E-state index in [-0.39, 0.29) is 36.6 Å². The van der Waals surface area contributed by atoms with Crippen LogP contribution in [0.25, 0.3) is 0 Å². The Morgan fingerprint density at radius 3 is 2.18 bits per heavy atom. The molecule has 7 nitrogen and oxygen atoms in total. The van der Waals surface area contributed by atoms with Gasteiger partial charge in [0.15, 0.2) is 0 Å². The number of hydrogen-bond donors (Lipinski definition) is 0. The SMILES string of the molecule is CC(C)CC(=O)N1Cc2ccccc2CC1C(=O)N1CCN(S(=O)(=O)Cc2ccccc2)CC1. The first kappa shape index (κ1) is 24.4. The highest BCUT2D eigenvalue weighted by Crippen LogP contribution is 2.26. The van der Waals surface area contributed by atoms with Crippen LogP contribution in [0.4, 0.5) is 0 Å². The summed E-state index contributed by atoms with van der Waals surface area (Å²) >= 11 is 0. The molecule has 2 aromatic rings. The minimum atomic E-state index is -3.46.